The second-order valence-electron chi connectivity index (χ2n) is 13.3. The summed E-state index contributed by atoms with van der Waals surface area (Å²) in [4.78, 5) is 15.0. The molecule has 0 unspecified atom stereocenters. The zero-order valence-electron chi connectivity index (χ0n) is 29.1. The molecule has 0 aliphatic heterocycles. The van der Waals surface area contributed by atoms with Crippen LogP contribution in [-0.2, 0) is 6.18 Å². The minimum atomic E-state index is -4.48. The van der Waals surface area contributed by atoms with Crippen LogP contribution in [0, 0.1) is 6.92 Å². The molecule has 0 aliphatic carbocycles. The number of fused-ring (bicyclic) bond motifs is 3. The van der Waals surface area contributed by atoms with E-state index >= 15 is 0 Å². The molecule has 0 aliphatic rings. The third-order valence-corrected chi connectivity index (χ3v) is 9.73. The quantitative estimate of drug-likeness (QED) is 0.173. The van der Waals surface area contributed by atoms with Gasteiger partial charge in [-0.3, -0.25) is 0 Å². The van der Waals surface area contributed by atoms with Crippen molar-refractivity contribution in [2.45, 2.75) is 13.1 Å². The first-order chi connectivity index (χ1) is 26.3. The number of aryl methyl sites for hydroxylation is 1. The Morgan fingerprint density at radius 2 is 0.963 bits per heavy atom. The summed E-state index contributed by atoms with van der Waals surface area (Å²) in [5.74, 6) is 1.46. The second kappa shape index (κ2) is 13.3. The van der Waals surface area contributed by atoms with Crippen LogP contribution in [0.25, 0.3) is 83.9 Å². The summed E-state index contributed by atoms with van der Waals surface area (Å²) in [6, 6.07) is 53.7. The van der Waals surface area contributed by atoms with Crippen molar-refractivity contribution in [3.8, 4) is 62.1 Å². The molecule has 2 heterocycles. The molecule has 0 saturated heterocycles. The van der Waals surface area contributed by atoms with E-state index in [1.54, 1.807) is 6.07 Å². The number of nitrogens with zero attached hydrogens (tertiary/aromatic N) is 4. The van der Waals surface area contributed by atoms with Gasteiger partial charge in [-0.2, -0.15) is 13.2 Å². The lowest BCUT2D eigenvalue weighted by Crippen LogP contribution is -2.05. The number of para-hydroxylation sites is 1. The molecular formula is C47H31F3N4. The van der Waals surface area contributed by atoms with Gasteiger partial charge in [0.2, 0.25) is 0 Å². The average molecular weight is 709 g/mol. The van der Waals surface area contributed by atoms with Crippen molar-refractivity contribution >= 4 is 21.8 Å². The summed E-state index contributed by atoms with van der Waals surface area (Å²) in [5, 5.41) is 2.09. The monoisotopic (exact) mass is 708 g/mol. The maximum absolute atomic E-state index is 14.0. The van der Waals surface area contributed by atoms with Crippen LogP contribution in [0.4, 0.5) is 13.2 Å². The molecule has 9 aromatic rings. The van der Waals surface area contributed by atoms with E-state index in [0.29, 0.717) is 34.2 Å². The van der Waals surface area contributed by atoms with Gasteiger partial charge in [-0.25, -0.2) is 15.0 Å². The van der Waals surface area contributed by atoms with Crippen molar-refractivity contribution in [1.82, 2.24) is 19.5 Å². The van der Waals surface area contributed by atoms with Crippen molar-refractivity contribution in [3.05, 3.63) is 181 Å². The second-order valence-corrected chi connectivity index (χ2v) is 13.3. The van der Waals surface area contributed by atoms with Crippen LogP contribution in [-0.4, -0.2) is 19.5 Å². The number of hydrogen-bond donors (Lipinski definition) is 0. The van der Waals surface area contributed by atoms with E-state index in [4.69, 9.17) is 15.0 Å². The van der Waals surface area contributed by atoms with E-state index in [9.17, 15) is 13.2 Å². The summed E-state index contributed by atoms with van der Waals surface area (Å²) >= 11 is 0. The van der Waals surface area contributed by atoms with Crippen molar-refractivity contribution in [2.24, 2.45) is 0 Å². The van der Waals surface area contributed by atoms with Crippen LogP contribution >= 0.6 is 0 Å². The summed E-state index contributed by atoms with van der Waals surface area (Å²) in [6.07, 6.45) is -4.48. The number of hydrogen-bond acceptors (Lipinski definition) is 3. The highest BCUT2D eigenvalue weighted by atomic mass is 19.4. The fourth-order valence-corrected chi connectivity index (χ4v) is 7.12. The Labute approximate surface area is 309 Å². The molecule has 0 N–H and O–H groups in total. The SMILES string of the molecule is Cc1cccc(-c2ccc3c4ccccc4n(-c4cc(-c5cccc(C(F)(F)F)c5)ccc4-c4nc(-c5ccccc5)nc(-c5ccccc5)n4)c3c2)c1. The fourth-order valence-electron chi connectivity index (χ4n) is 7.12. The van der Waals surface area contributed by atoms with Gasteiger partial charge >= 0.3 is 6.18 Å². The Morgan fingerprint density at radius 1 is 0.426 bits per heavy atom. The average Bonchev–Trinajstić information content (AvgIpc) is 3.54. The Balaban J connectivity index is 1.36. The molecule has 0 atom stereocenters. The number of rotatable bonds is 6. The summed E-state index contributed by atoms with van der Waals surface area (Å²) in [5.41, 5.74) is 8.63. The van der Waals surface area contributed by atoms with Crippen LogP contribution in [0.5, 0.6) is 0 Å². The summed E-state index contributed by atoms with van der Waals surface area (Å²) < 4.78 is 44.0. The zero-order valence-corrected chi connectivity index (χ0v) is 29.1. The third kappa shape index (κ3) is 6.09. The van der Waals surface area contributed by atoms with Gasteiger partial charge in [0.25, 0.3) is 0 Å². The molecule has 0 spiro atoms. The van der Waals surface area contributed by atoms with E-state index in [-0.39, 0.29) is 0 Å². The topological polar surface area (TPSA) is 43.6 Å². The van der Waals surface area contributed by atoms with Crippen molar-refractivity contribution < 1.29 is 13.2 Å². The third-order valence-electron chi connectivity index (χ3n) is 9.73. The number of halogens is 3. The van der Waals surface area contributed by atoms with E-state index in [0.717, 1.165) is 61.4 Å². The lowest BCUT2D eigenvalue weighted by atomic mass is 9.99. The number of aromatic nitrogens is 4. The minimum absolute atomic E-state index is 0.439. The first-order valence-corrected chi connectivity index (χ1v) is 17.6. The van der Waals surface area contributed by atoms with Crippen molar-refractivity contribution in [2.75, 3.05) is 0 Å². The molecule has 260 valence electrons. The van der Waals surface area contributed by atoms with Gasteiger partial charge in [0.05, 0.1) is 22.3 Å². The van der Waals surface area contributed by atoms with Crippen LogP contribution in [0.1, 0.15) is 11.1 Å². The molecule has 4 nitrogen and oxygen atoms in total. The summed E-state index contributed by atoms with van der Waals surface area (Å²) in [7, 11) is 0. The highest BCUT2D eigenvalue weighted by Crippen LogP contribution is 2.40. The molecule has 0 amide bonds. The lowest BCUT2D eigenvalue weighted by Gasteiger charge is -2.17. The van der Waals surface area contributed by atoms with Gasteiger partial charge < -0.3 is 4.57 Å². The van der Waals surface area contributed by atoms with Gasteiger partial charge in [-0.15, -0.1) is 0 Å². The Hall–Kier alpha value is -6.86. The molecule has 2 aromatic heterocycles. The van der Waals surface area contributed by atoms with E-state index in [2.05, 4.69) is 66.1 Å². The van der Waals surface area contributed by atoms with Crippen LogP contribution in [0.3, 0.4) is 0 Å². The molecule has 0 bridgehead atoms. The number of benzene rings is 7. The van der Waals surface area contributed by atoms with Gasteiger partial charge in [0, 0.05) is 27.5 Å². The normalized spacial score (nSPS) is 11.7. The Kier molecular flexibility index (Phi) is 8.12. The Morgan fingerprint density at radius 3 is 1.65 bits per heavy atom. The predicted octanol–water partition coefficient (Wildman–Crippen LogP) is 12.6. The standard InChI is InChI=1S/C47H31F3N4/c1-30-12-10-17-33(26-30)35-22-24-39-38-20-8-9-21-41(38)54(42(39)28-35)43-29-36(34-18-11-19-37(27-34)47(48,49)50)23-25-40(43)46-52-44(31-13-4-2-5-14-31)51-45(53-46)32-15-6-3-7-16-32/h2-29H,1H3. The summed E-state index contributed by atoms with van der Waals surface area (Å²) in [6.45, 7) is 2.08. The smallest absolute Gasteiger partial charge is 0.308 e. The van der Waals surface area contributed by atoms with Gasteiger partial charge in [-0.05, 0) is 65.6 Å². The van der Waals surface area contributed by atoms with Crippen molar-refractivity contribution in [1.29, 1.82) is 0 Å². The van der Waals surface area contributed by atoms with Crippen LogP contribution in [0.2, 0.25) is 0 Å². The molecule has 7 heteroatoms. The lowest BCUT2D eigenvalue weighted by molar-refractivity contribution is -0.137. The molecular weight excluding hydrogens is 678 g/mol. The molecule has 7 aromatic carbocycles. The maximum Gasteiger partial charge on any atom is 0.416 e. The molecule has 9 rings (SSSR count). The minimum Gasteiger partial charge on any atom is -0.308 e. The highest BCUT2D eigenvalue weighted by molar-refractivity contribution is 6.10. The van der Waals surface area contributed by atoms with Crippen molar-refractivity contribution in [3.63, 3.8) is 0 Å². The Bertz CT molecular complexity index is 2770. The first-order valence-electron chi connectivity index (χ1n) is 17.6. The molecule has 0 radical (unpaired) electrons. The molecule has 54 heavy (non-hydrogen) atoms. The number of alkyl halides is 3. The van der Waals surface area contributed by atoms with E-state index in [1.165, 1.54) is 12.1 Å². The highest BCUT2D eigenvalue weighted by Gasteiger charge is 2.30. The van der Waals surface area contributed by atoms with Crippen LogP contribution < -0.4 is 0 Å². The van der Waals surface area contributed by atoms with E-state index in [1.807, 2.05) is 91.0 Å². The first kappa shape index (κ1) is 33.0. The van der Waals surface area contributed by atoms with Gasteiger partial charge in [-0.1, -0.05) is 139 Å². The van der Waals surface area contributed by atoms with E-state index < -0.39 is 11.7 Å². The predicted molar refractivity (Wildman–Crippen MR) is 211 cm³/mol. The molecule has 0 fully saturated rings. The molecule has 0 saturated carbocycles. The van der Waals surface area contributed by atoms with Crippen LogP contribution in [0.15, 0.2) is 170 Å². The zero-order chi connectivity index (χ0) is 36.8. The fraction of sp³-hybridized carbons (Fsp3) is 0.0426. The van der Waals surface area contributed by atoms with Gasteiger partial charge in [0.1, 0.15) is 0 Å². The van der Waals surface area contributed by atoms with Gasteiger partial charge in [0.15, 0.2) is 17.5 Å². The maximum atomic E-state index is 14.0. The largest absolute Gasteiger partial charge is 0.416 e.